The monoisotopic (exact) mass is 1160 g/mol. The van der Waals surface area contributed by atoms with E-state index < -0.39 is 67.1 Å². The number of rotatable bonds is 7. The molecular weight excluding hydrogens is 1090 g/mol. The van der Waals surface area contributed by atoms with E-state index in [4.69, 9.17) is 9.90 Å². The summed E-state index contributed by atoms with van der Waals surface area (Å²) in [5, 5.41) is 13.0. The molecule has 2 aliphatic rings. The van der Waals surface area contributed by atoms with Crippen molar-refractivity contribution in [3.05, 3.63) is 296 Å². The van der Waals surface area contributed by atoms with Crippen molar-refractivity contribution in [3.63, 3.8) is 0 Å². The molecule has 0 atom stereocenters. The summed E-state index contributed by atoms with van der Waals surface area (Å²) in [7, 11) is 0. The lowest BCUT2D eigenvalue weighted by molar-refractivity contribution is 0.591. The predicted molar refractivity (Wildman–Crippen MR) is 376 cm³/mol. The minimum Gasteiger partial charge on any atom is -0.454 e. The molecule has 0 spiro atoms. The number of aromatic nitrogens is 2. The van der Waals surface area contributed by atoms with Gasteiger partial charge in [0.15, 0.2) is 5.58 Å². The van der Waals surface area contributed by atoms with Crippen LogP contribution in [-0.2, 0) is 5.41 Å². The highest BCUT2D eigenvalue weighted by Crippen LogP contribution is 2.54. The van der Waals surface area contributed by atoms with E-state index in [0.29, 0.717) is 50.7 Å². The van der Waals surface area contributed by atoms with Crippen molar-refractivity contribution in [3.8, 4) is 50.8 Å². The van der Waals surface area contributed by atoms with Crippen LogP contribution >= 0.6 is 0 Å². The van der Waals surface area contributed by atoms with Crippen molar-refractivity contribution >= 4 is 123 Å². The maximum Gasteiger partial charge on any atom is 0.252 e. The number of anilines is 6. The van der Waals surface area contributed by atoms with Gasteiger partial charge in [0, 0.05) is 71.8 Å². The summed E-state index contributed by atoms with van der Waals surface area (Å²) in [6.45, 7) is 5.80. The van der Waals surface area contributed by atoms with Crippen molar-refractivity contribution in [2.24, 2.45) is 0 Å². The highest BCUT2D eigenvalue weighted by atomic mass is 16.3. The summed E-state index contributed by atoms with van der Waals surface area (Å²) in [4.78, 5) is 4.52. The summed E-state index contributed by atoms with van der Waals surface area (Å²) in [5.74, 6) is 0. The Morgan fingerprint density at radius 1 is 0.411 bits per heavy atom. The van der Waals surface area contributed by atoms with Gasteiger partial charge in [0.25, 0.3) is 6.71 Å². The molecule has 18 rings (SSSR count). The van der Waals surface area contributed by atoms with Gasteiger partial charge < -0.3 is 23.4 Å². The lowest BCUT2D eigenvalue weighted by atomic mass is 9.33. The van der Waals surface area contributed by atoms with Gasteiger partial charge in [0.1, 0.15) is 5.58 Å². The maximum atomic E-state index is 10.6. The van der Waals surface area contributed by atoms with Crippen molar-refractivity contribution in [2.45, 2.75) is 26.2 Å². The number of benzene rings is 13. The molecule has 90 heavy (non-hydrogen) atoms. The van der Waals surface area contributed by atoms with Crippen LogP contribution < -0.4 is 26.2 Å². The van der Waals surface area contributed by atoms with Gasteiger partial charge in [-0.15, -0.1) is 0 Å². The lowest BCUT2D eigenvalue weighted by Gasteiger charge is -2.45. The molecule has 16 aromatic rings. The van der Waals surface area contributed by atoms with E-state index in [1.165, 1.54) is 0 Å². The van der Waals surface area contributed by atoms with Gasteiger partial charge >= 0.3 is 0 Å². The van der Waals surface area contributed by atoms with Crippen molar-refractivity contribution in [2.75, 3.05) is 9.80 Å². The largest absolute Gasteiger partial charge is 0.454 e. The van der Waals surface area contributed by atoms with Gasteiger partial charge in [-0.1, -0.05) is 227 Å². The number of hydrogen-bond acceptors (Lipinski definition) is 4. The van der Waals surface area contributed by atoms with Crippen LogP contribution in [0, 0.1) is 11.3 Å². The van der Waals surface area contributed by atoms with Crippen LogP contribution in [0.5, 0.6) is 0 Å². The fraction of sp³-hybridized carbons (Fsp3) is 0.0482. The molecule has 5 heterocycles. The van der Waals surface area contributed by atoms with Crippen LogP contribution in [0.15, 0.2) is 289 Å². The van der Waals surface area contributed by atoms with E-state index in [1.54, 1.807) is 4.57 Å². The highest BCUT2D eigenvalue weighted by molar-refractivity contribution is 7.00. The molecule has 0 N–H and O–H groups in total. The second-order valence-electron chi connectivity index (χ2n) is 24.2. The Balaban J connectivity index is 1.08. The van der Waals surface area contributed by atoms with E-state index in [1.807, 2.05) is 115 Å². The fourth-order valence-electron chi connectivity index (χ4n) is 14.3. The van der Waals surface area contributed by atoms with Gasteiger partial charge in [-0.25, -0.2) is 0 Å². The number of hydrogen-bond donors (Lipinski definition) is 0. The molecule has 3 aromatic heterocycles. The zero-order valence-corrected chi connectivity index (χ0v) is 48.9. The number of nitrogens with zero attached hydrogens (tertiary/aromatic N) is 5. The Bertz CT molecular complexity index is 6300. The molecule has 0 saturated heterocycles. The average molecular weight is 1160 g/mol. The first-order valence-corrected chi connectivity index (χ1v) is 30.0. The molecular formula is C83H56BN5O. The molecule has 0 radical (unpaired) electrons. The van der Waals surface area contributed by atoms with E-state index in [2.05, 4.69) is 138 Å². The first kappa shape index (κ1) is 40.7. The number of fused-ring (bicyclic) bond motifs is 14. The van der Waals surface area contributed by atoms with Gasteiger partial charge in [0.2, 0.25) is 0 Å². The molecule has 6 nitrogen and oxygen atoms in total. The Morgan fingerprint density at radius 3 is 1.60 bits per heavy atom. The van der Waals surface area contributed by atoms with Gasteiger partial charge in [-0.05, 0) is 123 Å². The van der Waals surface area contributed by atoms with Crippen LogP contribution in [0.4, 0.5) is 34.1 Å². The van der Waals surface area contributed by atoms with Crippen molar-refractivity contribution in [1.82, 2.24) is 9.13 Å². The van der Waals surface area contributed by atoms with Gasteiger partial charge in [-0.3, -0.25) is 0 Å². The Hall–Kier alpha value is -11.6. The Morgan fingerprint density at radius 2 is 0.944 bits per heavy atom. The number of nitriles is 1. The van der Waals surface area contributed by atoms with E-state index in [9.17, 15) is 16.2 Å². The Labute approximate surface area is 538 Å². The van der Waals surface area contributed by atoms with Crippen molar-refractivity contribution < 1.29 is 20.9 Å². The molecule has 0 unspecified atom stereocenters. The minimum atomic E-state index is -0.732. The lowest BCUT2D eigenvalue weighted by Crippen LogP contribution is -2.61. The van der Waals surface area contributed by atoms with Crippen LogP contribution in [0.1, 0.15) is 48.3 Å². The molecule has 0 amide bonds. The molecule has 2 aliphatic heterocycles. The van der Waals surface area contributed by atoms with E-state index in [0.717, 1.165) is 88.5 Å². The van der Waals surface area contributed by atoms with Crippen LogP contribution in [-0.4, -0.2) is 15.8 Å². The third-order valence-corrected chi connectivity index (χ3v) is 18.2. The zero-order chi connectivity index (χ0) is 70.4. The van der Waals surface area contributed by atoms with Crippen LogP contribution in [0.2, 0.25) is 0 Å². The molecule has 422 valence electrons. The number of para-hydroxylation sites is 5. The second-order valence-corrected chi connectivity index (χ2v) is 24.2. The average Bonchev–Trinajstić information content (AvgIpc) is 1.06. The second kappa shape index (κ2) is 19.7. The predicted octanol–water partition coefficient (Wildman–Crippen LogP) is 20.0. The van der Waals surface area contributed by atoms with Gasteiger partial charge in [-0.2, -0.15) is 5.26 Å². The zero-order valence-electron chi connectivity index (χ0n) is 60.9. The van der Waals surface area contributed by atoms with Crippen LogP contribution in [0.3, 0.4) is 0 Å². The first-order chi connectivity index (χ1) is 49.2. The summed E-state index contributed by atoms with van der Waals surface area (Å²) in [5.41, 5.74) is 15.9. The van der Waals surface area contributed by atoms with E-state index >= 15 is 0 Å². The summed E-state index contributed by atoms with van der Waals surface area (Å²) in [6, 6.07) is 68.3. The fourth-order valence-corrected chi connectivity index (χ4v) is 14.3. The molecule has 0 fully saturated rings. The molecule has 13 aromatic carbocycles. The van der Waals surface area contributed by atoms with Gasteiger partial charge in [0.05, 0.1) is 72.9 Å². The summed E-state index contributed by atoms with van der Waals surface area (Å²) >= 11 is 0. The molecule has 0 saturated carbocycles. The third kappa shape index (κ3) is 7.65. The molecule has 7 heteroatoms. The third-order valence-electron chi connectivity index (χ3n) is 18.2. The maximum absolute atomic E-state index is 10.6. The number of furan rings is 1. The summed E-state index contributed by atoms with van der Waals surface area (Å²) in [6.07, 6.45) is 0. The smallest absolute Gasteiger partial charge is 0.252 e. The minimum absolute atomic E-state index is 0.00878. The Kier molecular flexibility index (Phi) is 8.92. The first-order valence-electron chi connectivity index (χ1n) is 36.0. The molecule has 0 aliphatic carbocycles. The highest BCUT2D eigenvalue weighted by Gasteiger charge is 2.46. The normalized spacial score (nSPS) is 14.6. The molecule has 0 bridgehead atoms. The van der Waals surface area contributed by atoms with Crippen LogP contribution in [0.25, 0.3) is 110 Å². The summed E-state index contributed by atoms with van der Waals surface area (Å²) < 4.78 is 123. The standard InChI is InChI=1S/C83H56BN5O/c1-83(2,3)56-39-45-74-67(47-56)66-46-52(51-85)38-44-73(66)87(74)58-49-76-79-77(50-58)89(80-60(54-24-9-5-10-25-54)32-21-33-61(80)55-26-11-6-12-27-55)75-48-57(86-71-35-18-14-29-62(71)63-30-15-19-36-72(63)86)40-42-68(75)84(79)69-43-41-65-64-31-16-20-37-78(64)90-82(65)81(69)88(76)70-34-17-13-28-59(70)53-22-7-4-8-23-53/h4-50H,1-3H3/i14D,15D,16D,18D,19D,20D,29D,30D,31D,35D,36D,37D. The quantitative estimate of drug-likeness (QED) is 0.149. The topological polar surface area (TPSA) is 53.3 Å². The van der Waals surface area contributed by atoms with E-state index in [-0.39, 0.29) is 50.3 Å². The van der Waals surface area contributed by atoms with Crippen molar-refractivity contribution in [1.29, 1.82) is 5.26 Å². The SMILES string of the molecule is [2H]c1c([2H])c([2H])c2c(oc3c4c(ccc32)B2c3ccc(-n5c6c([2H])c([2H])c([2H])c([2H])c6c6c([2H])c([2H])c([2H])c([2H])c65)cc3N(c3c(-c5ccccc5)cccc3-c3ccccc3)c3cc(-n5c6ccc(C#N)cc6c6cc(C(C)(C)C)ccc65)cc(c32)N4c2ccccc2-c2ccccc2)c1[2H].